The van der Waals surface area contributed by atoms with Crippen molar-refractivity contribution in [1.82, 2.24) is 9.80 Å². The molecule has 0 radical (unpaired) electrons. The SMILES string of the molecule is ClCCN1CCCC(N2CCCCC2)C1. The maximum Gasteiger partial charge on any atom is 0.0351 e. The minimum Gasteiger partial charge on any atom is -0.301 e. The van der Waals surface area contributed by atoms with Crippen molar-refractivity contribution in [3.05, 3.63) is 0 Å². The molecule has 0 amide bonds. The molecule has 2 aliphatic heterocycles. The molecule has 0 saturated carbocycles. The van der Waals surface area contributed by atoms with Crippen molar-refractivity contribution in [2.45, 2.75) is 38.1 Å². The van der Waals surface area contributed by atoms with E-state index in [1.54, 1.807) is 0 Å². The van der Waals surface area contributed by atoms with Crippen LogP contribution in [0.25, 0.3) is 0 Å². The monoisotopic (exact) mass is 230 g/mol. The molecule has 0 aromatic rings. The van der Waals surface area contributed by atoms with Gasteiger partial charge in [0.2, 0.25) is 0 Å². The van der Waals surface area contributed by atoms with Crippen LogP contribution < -0.4 is 0 Å². The van der Waals surface area contributed by atoms with Gasteiger partial charge >= 0.3 is 0 Å². The van der Waals surface area contributed by atoms with Gasteiger partial charge in [0, 0.05) is 25.0 Å². The van der Waals surface area contributed by atoms with Crippen LogP contribution in [0.5, 0.6) is 0 Å². The van der Waals surface area contributed by atoms with E-state index in [1.165, 1.54) is 58.3 Å². The van der Waals surface area contributed by atoms with Gasteiger partial charge in [0.05, 0.1) is 0 Å². The summed E-state index contributed by atoms with van der Waals surface area (Å²) in [6.07, 6.45) is 7.02. The minimum atomic E-state index is 0.784. The molecule has 0 aliphatic carbocycles. The quantitative estimate of drug-likeness (QED) is 0.686. The first-order chi connectivity index (χ1) is 7.40. The second-order valence-corrected chi connectivity index (χ2v) is 5.26. The van der Waals surface area contributed by atoms with E-state index >= 15 is 0 Å². The molecule has 2 rings (SSSR count). The van der Waals surface area contributed by atoms with Crippen molar-refractivity contribution < 1.29 is 0 Å². The topological polar surface area (TPSA) is 6.48 Å². The van der Waals surface area contributed by atoms with Gasteiger partial charge in [-0.3, -0.25) is 4.90 Å². The van der Waals surface area contributed by atoms with E-state index in [9.17, 15) is 0 Å². The lowest BCUT2D eigenvalue weighted by atomic mass is 10.0. The first-order valence-corrected chi connectivity index (χ1v) is 6.96. The fraction of sp³-hybridized carbons (Fsp3) is 1.00. The van der Waals surface area contributed by atoms with Crippen molar-refractivity contribution in [3.8, 4) is 0 Å². The van der Waals surface area contributed by atoms with Crippen LogP contribution in [-0.4, -0.2) is 54.4 Å². The molecular weight excluding hydrogens is 208 g/mol. The van der Waals surface area contributed by atoms with Gasteiger partial charge in [0.25, 0.3) is 0 Å². The molecule has 15 heavy (non-hydrogen) atoms. The number of halogens is 1. The van der Waals surface area contributed by atoms with Crippen LogP contribution in [0, 0.1) is 0 Å². The van der Waals surface area contributed by atoms with Crippen LogP contribution in [0.2, 0.25) is 0 Å². The van der Waals surface area contributed by atoms with E-state index in [1.807, 2.05) is 0 Å². The number of hydrogen-bond acceptors (Lipinski definition) is 2. The summed E-state index contributed by atoms with van der Waals surface area (Å²) in [7, 11) is 0. The normalized spacial score (nSPS) is 30.6. The summed E-state index contributed by atoms with van der Waals surface area (Å²) < 4.78 is 0. The van der Waals surface area contributed by atoms with Crippen molar-refractivity contribution in [3.63, 3.8) is 0 Å². The zero-order chi connectivity index (χ0) is 10.5. The summed E-state index contributed by atoms with van der Waals surface area (Å²) >= 11 is 5.81. The Balaban J connectivity index is 1.80. The van der Waals surface area contributed by atoms with Gasteiger partial charge in [-0.1, -0.05) is 6.42 Å². The van der Waals surface area contributed by atoms with Gasteiger partial charge in [0.1, 0.15) is 0 Å². The molecule has 2 saturated heterocycles. The molecule has 1 atom stereocenters. The van der Waals surface area contributed by atoms with E-state index < -0.39 is 0 Å². The Kier molecular flexibility index (Phi) is 4.73. The van der Waals surface area contributed by atoms with Crippen molar-refractivity contribution >= 4 is 11.6 Å². The summed E-state index contributed by atoms with van der Waals surface area (Å²) in [5.74, 6) is 0.784. The van der Waals surface area contributed by atoms with Crippen LogP contribution in [0.1, 0.15) is 32.1 Å². The highest BCUT2D eigenvalue weighted by Crippen LogP contribution is 2.19. The van der Waals surface area contributed by atoms with E-state index in [-0.39, 0.29) is 0 Å². The second-order valence-electron chi connectivity index (χ2n) is 4.88. The molecule has 2 nitrogen and oxygen atoms in total. The predicted octanol–water partition coefficient (Wildman–Crippen LogP) is 2.18. The zero-order valence-electron chi connectivity index (χ0n) is 9.63. The highest BCUT2D eigenvalue weighted by molar-refractivity contribution is 6.18. The van der Waals surface area contributed by atoms with E-state index in [4.69, 9.17) is 11.6 Å². The summed E-state index contributed by atoms with van der Waals surface area (Å²) in [6, 6.07) is 0.822. The highest BCUT2D eigenvalue weighted by Gasteiger charge is 2.25. The van der Waals surface area contributed by atoms with Crippen LogP contribution >= 0.6 is 11.6 Å². The molecule has 0 spiro atoms. The number of nitrogens with zero attached hydrogens (tertiary/aromatic N) is 2. The Bertz CT molecular complexity index is 178. The van der Waals surface area contributed by atoms with E-state index in [0.717, 1.165) is 18.5 Å². The summed E-state index contributed by atoms with van der Waals surface area (Å²) in [5.41, 5.74) is 0. The lowest BCUT2D eigenvalue weighted by Gasteiger charge is -2.40. The van der Waals surface area contributed by atoms with Crippen LogP contribution in [0.15, 0.2) is 0 Å². The molecule has 2 heterocycles. The Morgan fingerprint density at radius 3 is 2.53 bits per heavy atom. The second kappa shape index (κ2) is 6.07. The third-order valence-corrected chi connectivity index (χ3v) is 3.96. The van der Waals surface area contributed by atoms with Crippen LogP contribution in [0.3, 0.4) is 0 Å². The molecule has 0 bridgehead atoms. The molecule has 88 valence electrons. The number of rotatable bonds is 3. The standard InChI is InChI=1S/C12H23ClN2/c13-6-10-14-7-4-5-12(11-14)15-8-2-1-3-9-15/h12H,1-11H2. The summed E-state index contributed by atoms with van der Waals surface area (Å²) in [4.78, 5) is 5.25. The fourth-order valence-electron chi connectivity index (χ4n) is 2.94. The van der Waals surface area contributed by atoms with Crippen molar-refractivity contribution in [2.75, 3.05) is 38.6 Å². The molecule has 2 fully saturated rings. The number of alkyl halides is 1. The first kappa shape index (κ1) is 11.7. The zero-order valence-corrected chi connectivity index (χ0v) is 10.4. The van der Waals surface area contributed by atoms with Gasteiger partial charge in [-0.25, -0.2) is 0 Å². The number of hydrogen-bond donors (Lipinski definition) is 0. The average molecular weight is 231 g/mol. The lowest BCUT2D eigenvalue weighted by Crippen LogP contribution is -2.49. The molecule has 2 aliphatic rings. The Labute approximate surface area is 98.6 Å². The highest BCUT2D eigenvalue weighted by atomic mass is 35.5. The van der Waals surface area contributed by atoms with Crippen molar-refractivity contribution in [2.24, 2.45) is 0 Å². The largest absolute Gasteiger partial charge is 0.301 e. The van der Waals surface area contributed by atoms with Gasteiger partial charge in [-0.15, -0.1) is 11.6 Å². The van der Waals surface area contributed by atoms with Gasteiger partial charge in [-0.2, -0.15) is 0 Å². The molecular formula is C12H23ClN2. The average Bonchev–Trinajstić information content (AvgIpc) is 2.31. The predicted molar refractivity (Wildman–Crippen MR) is 65.6 cm³/mol. The molecule has 0 aromatic heterocycles. The third kappa shape index (κ3) is 3.33. The van der Waals surface area contributed by atoms with E-state index in [0.29, 0.717) is 0 Å². The Hall–Kier alpha value is 0.210. The maximum atomic E-state index is 5.81. The molecule has 3 heteroatoms. The first-order valence-electron chi connectivity index (χ1n) is 6.42. The van der Waals surface area contributed by atoms with Gasteiger partial charge in [-0.05, 0) is 45.3 Å². The van der Waals surface area contributed by atoms with Crippen molar-refractivity contribution in [1.29, 1.82) is 0 Å². The van der Waals surface area contributed by atoms with Gasteiger partial charge < -0.3 is 4.90 Å². The van der Waals surface area contributed by atoms with Crippen LogP contribution in [0.4, 0.5) is 0 Å². The maximum absolute atomic E-state index is 5.81. The number of piperidine rings is 2. The minimum absolute atomic E-state index is 0.784. The fourth-order valence-corrected chi connectivity index (χ4v) is 3.17. The molecule has 0 N–H and O–H groups in total. The van der Waals surface area contributed by atoms with E-state index in [2.05, 4.69) is 9.80 Å². The number of likely N-dealkylation sites (tertiary alicyclic amines) is 2. The lowest BCUT2D eigenvalue weighted by molar-refractivity contribution is 0.0858. The Morgan fingerprint density at radius 2 is 1.80 bits per heavy atom. The summed E-state index contributed by atoms with van der Waals surface area (Å²) in [5, 5.41) is 0. The smallest absolute Gasteiger partial charge is 0.0351 e. The molecule has 0 aromatic carbocycles. The third-order valence-electron chi connectivity index (χ3n) is 3.79. The summed E-state index contributed by atoms with van der Waals surface area (Å²) in [6.45, 7) is 6.26. The van der Waals surface area contributed by atoms with Gasteiger partial charge in [0.15, 0.2) is 0 Å². The molecule has 1 unspecified atom stereocenters. The Morgan fingerprint density at radius 1 is 1.00 bits per heavy atom. The van der Waals surface area contributed by atoms with Crippen LogP contribution in [-0.2, 0) is 0 Å².